The predicted octanol–water partition coefficient (Wildman–Crippen LogP) is 1.94. The number of hydrogen-bond acceptors (Lipinski definition) is 4. The summed E-state index contributed by atoms with van der Waals surface area (Å²) < 4.78 is 0. The van der Waals surface area contributed by atoms with Crippen molar-refractivity contribution in [3.8, 4) is 0 Å². The summed E-state index contributed by atoms with van der Waals surface area (Å²) in [6, 6.07) is 1.47. The molecule has 110 valence electrons. The van der Waals surface area contributed by atoms with Gasteiger partial charge in [-0.15, -0.1) is 0 Å². The van der Waals surface area contributed by atoms with E-state index >= 15 is 0 Å². The minimum Gasteiger partial charge on any atom is -0.348 e. The zero-order chi connectivity index (χ0) is 14.5. The van der Waals surface area contributed by atoms with Gasteiger partial charge in [0.1, 0.15) is 11.5 Å². The van der Waals surface area contributed by atoms with Gasteiger partial charge in [-0.05, 0) is 25.0 Å². The molecule has 1 aromatic rings. The van der Waals surface area contributed by atoms with Gasteiger partial charge in [0.15, 0.2) is 0 Å². The fourth-order valence-electron chi connectivity index (χ4n) is 2.60. The standard InChI is InChI=1S/C14H21N3O2S/c1-9-5-3-4-6-10(9)16-14(19)11-7-13(18)17-12(15-11)8-20-2/h7,9-10H,3-6,8H2,1-2H3,(H,16,19)(H,15,17,18). The van der Waals surface area contributed by atoms with Crippen LogP contribution in [0.4, 0.5) is 0 Å². The Morgan fingerprint density at radius 2 is 2.25 bits per heavy atom. The monoisotopic (exact) mass is 295 g/mol. The first-order chi connectivity index (χ1) is 9.60. The number of aromatic amines is 1. The average Bonchev–Trinajstić information content (AvgIpc) is 2.41. The predicted molar refractivity (Wildman–Crippen MR) is 81.0 cm³/mol. The van der Waals surface area contributed by atoms with Crippen LogP contribution in [-0.4, -0.2) is 28.2 Å². The number of rotatable bonds is 4. The van der Waals surface area contributed by atoms with Crippen LogP contribution in [0.3, 0.4) is 0 Å². The van der Waals surface area contributed by atoms with Gasteiger partial charge in [-0.3, -0.25) is 9.59 Å². The molecule has 0 spiro atoms. The molecule has 2 atom stereocenters. The molecular weight excluding hydrogens is 274 g/mol. The van der Waals surface area contributed by atoms with Crippen molar-refractivity contribution in [3.05, 3.63) is 27.9 Å². The van der Waals surface area contributed by atoms with Gasteiger partial charge in [0, 0.05) is 12.1 Å². The smallest absolute Gasteiger partial charge is 0.270 e. The van der Waals surface area contributed by atoms with E-state index in [-0.39, 0.29) is 23.2 Å². The third-order valence-corrected chi connectivity index (χ3v) is 4.29. The van der Waals surface area contributed by atoms with Crippen LogP contribution in [-0.2, 0) is 5.75 Å². The van der Waals surface area contributed by atoms with Gasteiger partial charge in [0.05, 0.1) is 5.75 Å². The summed E-state index contributed by atoms with van der Waals surface area (Å²) in [5.41, 5.74) is -0.0542. The highest BCUT2D eigenvalue weighted by molar-refractivity contribution is 7.97. The van der Waals surface area contributed by atoms with E-state index in [0.717, 1.165) is 19.3 Å². The molecule has 1 aliphatic carbocycles. The van der Waals surface area contributed by atoms with Crippen LogP contribution in [0, 0.1) is 5.92 Å². The van der Waals surface area contributed by atoms with Gasteiger partial charge in [0.25, 0.3) is 11.5 Å². The third kappa shape index (κ3) is 3.85. The van der Waals surface area contributed by atoms with E-state index in [1.165, 1.54) is 12.5 Å². The average molecular weight is 295 g/mol. The van der Waals surface area contributed by atoms with Crippen LogP contribution < -0.4 is 10.9 Å². The number of amides is 1. The Hall–Kier alpha value is -1.30. The highest BCUT2D eigenvalue weighted by Gasteiger charge is 2.23. The number of carbonyl (C=O) groups is 1. The molecule has 1 amide bonds. The second-order valence-electron chi connectivity index (χ2n) is 5.35. The Kier molecular flexibility index (Phi) is 5.23. The van der Waals surface area contributed by atoms with Crippen LogP contribution >= 0.6 is 11.8 Å². The molecule has 0 aromatic carbocycles. The summed E-state index contributed by atoms with van der Waals surface area (Å²) in [6.45, 7) is 2.16. The summed E-state index contributed by atoms with van der Waals surface area (Å²) in [7, 11) is 0. The molecule has 0 saturated heterocycles. The van der Waals surface area contributed by atoms with Crippen LogP contribution in [0.25, 0.3) is 0 Å². The molecule has 2 rings (SSSR count). The Balaban J connectivity index is 2.10. The van der Waals surface area contributed by atoms with Crippen molar-refractivity contribution in [1.29, 1.82) is 0 Å². The number of H-pyrrole nitrogens is 1. The van der Waals surface area contributed by atoms with Crippen molar-refractivity contribution in [2.45, 2.75) is 44.4 Å². The fourth-order valence-corrected chi connectivity index (χ4v) is 3.01. The second kappa shape index (κ2) is 6.92. The van der Waals surface area contributed by atoms with E-state index in [1.807, 2.05) is 6.26 Å². The summed E-state index contributed by atoms with van der Waals surface area (Å²) in [5, 5.41) is 3.02. The van der Waals surface area contributed by atoms with E-state index in [1.54, 1.807) is 11.8 Å². The van der Waals surface area contributed by atoms with E-state index in [4.69, 9.17) is 0 Å². The van der Waals surface area contributed by atoms with Crippen molar-refractivity contribution < 1.29 is 4.79 Å². The molecule has 1 fully saturated rings. The minimum absolute atomic E-state index is 0.196. The van der Waals surface area contributed by atoms with Crippen molar-refractivity contribution >= 4 is 17.7 Å². The molecule has 0 radical (unpaired) electrons. The molecule has 0 aliphatic heterocycles. The lowest BCUT2D eigenvalue weighted by Crippen LogP contribution is -2.41. The molecule has 6 heteroatoms. The minimum atomic E-state index is -0.272. The Bertz CT molecular complexity index is 529. The van der Waals surface area contributed by atoms with E-state index < -0.39 is 0 Å². The Morgan fingerprint density at radius 3 is 2.95 bits per heavy atom. The Morgan fingerprint density at radius 1 is 1.50 bits per heavy atom. The van der Waals surface area contributed by atoms with Gasteiger partial charge in [-0.1, -0.05) is 19.8 Å². The summed E-state index contributed by atoms with van der Waals surface area (Å²) in [5.74, 6) is 1.39. The van der Waals surface area contributed by atoms with Crippen LogP contribution in [0.1, 0.15) is 48.9 Å². The number of thioether (sulfide) groups is 1. The summed E-state index contributed by atoms with van der Waals surface area (Å²) >= 11 is 1.56. The highest BCUT2D eigenvalue weighted by atomic mass is 32.2. The lowest BCUT2D eigenvalue weighted by molar-refractivity contribution is 0.0904. The maximum Gasteiger partial charge on any atom is 0.270 e. The number of aromatic nitrogens is 2. The molecule has 2 N–H and O–H groups in total. The van der Waals surface area contributed by atoms with E-state index in [9.17, 15) is 9.59 Å². The van der Waals surface area contributed by atoms with E-state index in [2.05, 4.69) is 22.2 Å². The molecule has 1 heterocycles. The molecule has 20 heavy (non-hydrogen) atoms. The molecule has 5 nitrogen and oxygen atoms in total. The van der Waals surface area contributed by atoms with E-state index in [0.29, 0.717) is 17.5 Å². The van der Waals surface area contributed by atoms with Gasteiger partial charge < -0.3 is 10.3 Å². The first-order valence-corrected chi connectivity index (χ1v) is 8.39. The zero-order valence-corrected chi connectivity index (χ0v) is 12.8. The number of nitrogens with one attached hydrogen (secondary N) is 2. The molecule has 1 saturated carbocycles. The fraction of sp³-hybridized carbons (Fsp3) is 0.643. The molecule has 0 bridgehead atoms. The quantitative estimate of drug-likeness (QED) is 0.890. The maximum atomic E-state index is 12.2. The first kappa shape index (κ1) is 15.1. The van der Waals surface area contributed by atoms with Crippen molar-refractivity contribution in [2.24, 2.45) is 5.92 Å². The topological polar surface area (TPSA) is 74.8 Å². The molecule has 1 aromatic heterocycles. The SMILES string of the molecule is CSCc1nc(C(=O)NC2CCCCC2C)cc(=O)[nH]1. The molecule has 1 aliphatic rings. The second-order valence-corrected chi connectivity index (χ2v) is 6.22. The third-order valence-electron chi connectivity index (χ3n) is 3.73. The summed E-state index contributed by atoms with van der Waals surface area (Å²) in [4.78, 5) is 30.7. The molecule has 2 unspecified atom stereocenters. The van der Waals surface area contributed by atoms with Gasteiger partial charge in [-0.2, -0.15) is 11.8 Å². The molecular formula is C14H21N3O2S. The van der Waals surface area contributed by atoms with Crippen molar-refractivity contribution in [2.75, 3.05) is 6.26 Å². The lowest BCUT2D eigenvalue weighted by Gasteiger charge is -2.29. The highest BCUT2D eigenvalue weighted by Crippen LogP contribution is 2.23. The first-order valence-electron chi connectivity index (χ1n) is 7.00. The number of hydrogen-bond donors (Lipinski definition) is 2. The zero-order valence-electron chi connectivity index (χ0n) is 11.9. The lowest BCUT2D eigenvalue weighted by atomic mass is 9.86. The Labute approximate surface area is 123 Å². The van der Waals surface area contributed by atoms with Crippen LogP contribution in [0.5, 0.6) is 0 Å². The van der Waals surface area contributed by atoms with Crippen molar-refractivity contribution in [1.82, 2.24) is 15.3 Å². The van der Waals surface area contributed by atoms with Gasteiger partial charge in [0.2, 0.25) is 0 Å². The van der Waals surface area contributed by atoms with Gasteiger partial charge >= 0.3 is 0 Å². The van der Waals surface area contributed by atoms with Crippen LogP contribution in [0.15, 0.2) is 10.9 Å². The van der Waals surface area contributed by atoms with Crippen LogP contribution in [0.2, 0.25) is 0 Å². The maximum absolute atomic E-state index is 12.2. The largest absolute Gasteiger partial charge is 0.348 e. The number of carbonyl (C=O) groups excluding carboxylic acids is 1. The summed E-state index contributed by atoms with van der Waals surface area (Å²) in [6.07, 6.45) is 6.46. The number of nitrogens with zero attached hydrogens (tertiary/aromatic N) is 1. The van der Waals surface area contributed by atoms with Gasteiger partial charge in [-0.25, -0.2) is 4.98 Å². The normalized spacial score (nSPS) is 22.5. The van der Waals surface area contributed by atoms with Crippen molar-refractivity contribution in [3.63, 3.8) is 0 Å².